The molecule has 0 spiro atoms. The number of nitrogens with zero attached hydrogens (tertiary/aromatic N) is 2. The largest absolute Gasteiger partial charge is 0.453 e. The third kappa shape index (κ3) is 3.65. The van der Waals surface area contributed by atoms with Gasteiger partial charge in [-0.15, -0.1) is 10.2 Å². The summed E-state index contributed by atoms with van der Waals surface area (Å²) in [6.45, 7) is -0.414. The number of aromatic nitrogens is 2. The van der Waals surface area contributed by atoms with Crippen molar-refractivity contribution in [1.29, 1.82) is 0 Å². The molecule has 1 aromatic heterocycles. The van der Waals surface area contributed by atoms with Gasteiger partial charge in [-0.3, -0.25) is 0 Å². The summed E-state index contributed by atoms with van der Waals surface area (Å²) in [4.78, 5) is 11.9. The van der Waals surface area contributed by atoms with Gasteiger partial charge in [-0.25, -0.2) is 4.79 Å². The monoisotopic (exact) mass is 356 g/mol. The van der Waals surface area contributed by atoms with Crippen molar-refractivity contribution in [1.82, 2.24) is 10.2 Å². The maximum atomic E-state index is 13.0. The Kier molecular flexibility index (Phi) is 4.51. The minimum absolute atomic E-state index is 0.151. The number of hydrogen-bond donors (Lipinski definition) is 1. The predicted molar refractivity (Wildman–Crippen MR) is 77.9 cm³/mol. The topological polar surface area (TPSA) is 85.5 Å². The number of esters is 1. The molecule has 1 fully saturated rings. The molecular weight excluding hydrogens is 341 g/mol. The van der Waals surface area contributed by atoms with Crippen molar-refractivity contribution in [3.05, 3.63) is 35.7 Å². The van der Waals surface area contributed by atoms with E-state index in [1.165, 1.54) is 18.2 Å². The number of alkyl halides is 3. The van der Waals surface area contributed by atoms with Gasteiger partial charge in [0.2, 0.25) is 5.89 Å². The van der Waals surface area contributed by atoms with Crippen molar-refractivity contribution in [3.8, 4) is 11.5 Å². The molecule has 0 bridgehead atoms. The molecule has 0 unspecified atom stereocenters. The van der Waals surface area contributed by atoms with E-state index in [-0.39, 0.29) is 17.3 Å². The van der Waals surface area contributed by atoms with Crippen LogP contribution >= 0.6 is 0 Å². The van der Waals surface area contributed by atoms with Gasteiger partial charge in [0.25, 0.3) is 5.89 Å². The Morgan fingerprint density at radius 1 is 1.24 bits per heavy atom. The van der Waals surface area contributed by atoms with Gasteiger partial charge < -0.3 is 14.3 Å². The first-order valence-electron chi connectivity index (χ1n) is 7.68. The lowest BCUT2D eigenvalue weighted by Gasteiger charge is -2.18. The zero-order valence-corrected chi connectivity index (χ0v) is 13.0. The zero-order valence-electron chi connectivity index (χ0n) is 13.0. The molecule has 1 N–H and O–H groups in total. The van der Waals surface area contributed by atoms with Crippen molar-refractivity contribution in [2.24, 2.45) is 0 Å². The second kappa shape index (κ2) is 6.47. The molecule has 2 aromatic rings. The first-order valence-corrected chi connectivity index (χ1v) is 7.68. The Balaban J connectivity index is 1.72. The summed E-state index contributed by atoms with van der Waals surface area (Å²) < 4.78 is 49.2. The zero-order chi connectivity index (χ0) is 18.1. The van der Waals surface area contributed by atoms with Gasteiger partial charge in [-0.2, -0.15) is 13.2 Å². The van der Waals surface area contributed by atoms with Crippen molar-refractivity contribution >= 4 is 5.97 Å². The van der Waals surface area contributed by atoms with Crippen LogP contribution in [-0.2, 0) is 22.3 Å². The van der Waals surface area contributed by atoms with Crippen molar-refractivity contribution in [2.75, 3.05) is 0 Å². The minimum atomic E-state index is -4.57. The van der Waals surface area contributed by atoms with Crippen LogP contribution in [0.5, 0.6) is 0 Å². The Bertz CT molecular complexity index is 767. The Morgan fingerprint density at radius 3 is 2.60 bits per heavy atom. The standard InChI is InChI=1S/C16H15F3N2O4/c17-16(18,19)11-6-2-1-5-10(11)13-21-20-12(25-13)9-24-14(22)15(23)7-3-4-8-15/h1-2,5-6,23H,3-4,7-9H2. The molecule has 0 saturated heterocycles. The van der Waals surface area contributed by atoms with Gasteiger partial charge in [0.05, 0.1) is 11.1 Å². The number of carbonyl (C=O) groups excluding carboxylic acids is 1. The van der Waals surface area contributed by atoms with E-state index in [0.29, 0.717) is 12.8 Å². The molecule has 25 heavy (non-hydrogen) atoms. The maximum absolute atomic E-state index is 13.0. The summed E-state index contributed by atoms with van der Waals surface area (Å²) >= 11 is 0. The molecule has 3 rings (SSSR count). The van der Waals surface area contributed by atoms with Gasteiger partial charge in [-0.05, 0) is 37.8 Å². The number of ether oxygens (including phenoxy) is 1. The van der Waals surface area contributed by atoms with E-state index >= 15 is 0 Å². The molecular formula is C16H15F3N2O4. The predicted octanol–water partition coefficient (Wildman–Crippen LogP) is 3.10. The number of carbonyl (C=O) groups is 1. The van der Waals surface area contributed by atoms with Gasteiger partial charge in [-0.1, -0.05) is 12.1 Å². The second-order valence-corrected chi connectivity index (χ2v) is 5.86. The van der Waals surface area contributed by atoms with Crippen LogP contribution in [0.2, 0.25) is 0 Å². The van der Waals surface area contributed by atoms with Crippen molar-refractivity contribution in [2.45, 2.75) is 44.1 Å². The number of benzene rings is 1. The number of hydrogen-bond acceptors (Lipinski definition) is 6. The van der Waals surface area contributed by atoms with Crippen LogP contribution in [-0.4, -0.2) is 26.9 Å². The highest BCUT2D eigenvalue weighted by molar-refractivity contribution is 5.79. The third-order valence-corrected chi connectivity index (χ3v) is 4.07. The molecule has 1 aromatic carbocycles. The molecule has 1 saturated carbocycles. The van der Waals surface area contributed by atoms with E-state index in [1.807, 2.05) is 0 Å². The summed E-state index contributed by atoms with van der Waals surface area (Å²) in [6.07, 6.45) is -2.47. The van der Waals surface area contributed by atoms with Gasteiger partial charge in [0, 0.05) is 0 Å². The Morgan fingerprint density at radius 2 is 1.92 bits per heavy atom. The molecule has 1 aliphatic rings. The SMILES string of the molecule is O=C(OCc1nnc(-c2ccccc2C(F)(F)F)o1)C1(O)CCCC1. The van der Waals surface area contributed by atoms with E-state index in [0.717, 1.165) is 18.9 Å². The smallest absolute Gasteiger partial charge is 0.417 e. The first-order chi connectivity index (χ1) is 11.8. The molecule has 134 valence electrons. The van der Waals surface area contributed by atoms with Gasteiger partial charge in [0.1, 0.15) is 0 Å². The summed E-state index contributed by atoms with van der Waals surface area (Å²) in [7, 11) is 0. The third-order valence-electron chi connectivity index (χ3n) is 4.07. The molecule has 0 amide bonds. The lowest BCUT2D eigenvalue weighted by molar-refractivity contribution is -0.166. The fraction of sp³-hybridized carbons (Fsp3) is 0.438. The molecule has 6 nitrogen and oxygen atoms in total. The summed E-state index contributed by atoms with van der Waals surface area (Å²) in [5, 5.41) is 17.3. The van der Waals surface area contributed by atoms with E-state index in [9.17, 15) is 23.1 Å². The van der Waals surface area contributed by atoms with E-state index in [1.54, 1.807) is 0 Å². The van der Waals surface area contributed by atoms with E-state index in [2.05, 4.69) is 10.2 Å². The average molecular weight is 356 g/mol. The maximum Gasteiger partial charge on any atom is 0.417 e. The fourth-order valence-corrected chi connectivity index (χ4v) is 2.76. The number of rotatable bonds is 4. The van der Waals surface area contributed by atoms with Crippen LogP contribution in [0.1, 0.15) is 37.1 Å². The Hall–Kier alpha value is -2.42. The van der Waals surface area contributed by atoms with E-state index in [4.69, 9.17) is 9.15 Å². The summed E-state index contributed by atoms with van der Waals surface area (Å²) in [5.41, 5.74) is -2.66. The minimum Gasteiger partial charge on any atom is -0.453 e. The van der Waals surface area contributed by atoms with Crippen molar-refractivity contribution < 1.29 is 32.2 Å². The highest BCUT2D eigenvalue weighted by Gasteiger charge is 2.40. The molecule has 1 aliphatic carbocycles. The molecule has 0 radical (unpaired) electrons. The first kappa shape index (κ1) is 17.4. The lowest BCUT2D eigenvalue weighted by Crippen LogP contribution is -2.36. The van der Waals surface area contributed by atoms with Crippen LogP contribution in [0, 0.1) is 0 Å². The van der Waals surface area contributed by atoms with Crippen LogP contribution in [0.15, 0.2) is 28.7 Å². The van der Waals surface area contributed by atoms with Crippen LogP contribution in [0.25, 0.3) is 11.5 Å². The molecule has 9 heteroatoms. The number of halogens is 3. The normalized spacial score (nSPS) is 16.8. The highest BCUT2D eigenvalue weighted by atomic mass is 19.4. The fourth-order valence-electron chi connectivity index (χ4n) is 2.76. The highest BCUT2D eigenvalue weighted by Crippen LogP contribution is 2.36. The number of aliphatic hydroxyl groups is 1. The van der Waals surface area contributed by atoms with Crippen LogP contribution in [0.3, 0.4) is 0 Å². The average Bonchev–Trinajstić information content (AvgIpc) is 3.22. The van der Waals surface area contributed by atoms with Crippen LogP contribution in [0.4, 0.5) is 13.2 Å². The summed E-state index contributed by atoms with van der Waals surface area (Å²) in [5.74, 6) is -1.26. The molecule has 1 heterocycles. The second-order valence-electron chi connectivity index (χ2n) is 5.86. The summed E-state index contributed by atoms with van der Waals surface area (Å²) in [6, 6.07) is 4.81. The lowest BCUT2D eigenvalue weighted by atomic mass is 10.0. The Labute approximate surface area is 140 Å². The van der Waals surface area contributed by atoms with Gasteiger partial charge >= 0.3 is 12.1 Å². The van der Waals surface area contributed by atoms with Crippen LogP contribution < -0.4 is 0 Å². The molecule has 0 atom stereocenters. The molecule has 0 aliphatic heterocycles. The quantitative estimate of drug-likeness (QED) is 0.848. The van der Waals surface area contributed by atoms with Crippen molar-refractivity contribution in [3.63, 3.8) is 0 Å². The van der Waals surface area contributed by atoms with E-state index < -0.39 is 29.9 Å². The van der Waals surface area contributed by atoms with Gasteiger partial charge in [0.15, 0.2) is 12.2 Å².